The molecule has 3 rings (SSSR count). The van der Waals surface area contributed by atoms with Crippen molar-refractivity contribution in [3.63, 3.8) is 0 Å². The van der Waals surface area contributed by atoms with Crippen molar-refractivity contribution in [1.82, 2.24) is 9.78 Å². The van der Waals surface area contributed by atoms with Crippen LogP contribution in [0.3, 0.4) is 0 Å². The molecule has 0 aliphatic rings. The third-order valence-corrected chi connectivity index (χ3v) is 5.21. The van der Waals surface area contributed by atoms with Crippen molar-refractivity contribution in [2.24, 2.45) is 0 Å². The first-order valence-corrected chi connectivity index (χ1v) is 10.4. The van der Waals surface area contributed by atoms with E-state index in [1.165, 1.54) is 0 Å². The van der Waals surface area contributed by atoms with Gasteiger partial charge in [-0.3, -0.25) is 14.3 Å². The number of carboxylic acid groups (broad SMARTS) is 1. The van der Waals surface area contributed by atoms with E-state index in [1.54, 1.807) is 12.1 Å². The van der Waals surface area contributed by atoms with Gasteiger partial charge in [-0.1, -0.05) is 36.4 Å². The summed E-state index contributed by atoms with van der Waals surface area (Å²) in [5.74, 6) is -1.15. The van der Waals surface area contributed by atoms with E-state index in [-0.39, 0.29) is 17.9 Å². The minimum Gasteiger partial charge on any atom is -0.481 e. The Kier molecular flexibility index (Phi) is 6.41. The van der Waals surface area contributed by atoms with Crippen LogP contribution in [0.4, 0.5) is 5.69 Å². The molecule has 0 saturated carbocycles. The maximum absolute atomic E-state index is 12.9. The van der Waals surface area contributed by atoms with E-state index >= 15 is 0 Å². The number of aryl methyl sites for hydroxylation is 1. The predicted molar refractivity (Wildman–Crippen MR) is 121 cm³/mol. The number of nitrogens with one attached hydrogen (secondary N) is 1. The number of amides is 1. The minimum absolute atomic E-state index is 0.0602. The number of nitrogens with zero attached hydrogens (tertiary/aromatic N) is 2. The van der Waals surface area contributed by atoms with Crippen molar-refractivity contribution < 1.29 is 14.7 Å². The summed E-state index contributed by atoms with van der Waals surface area (Å²) in [5, 5.41) is 16.3. The SMILES string of the molecule is CC(C)(C)n1nc(C(=O)Nc2ccc(CCC(=O)O)cc2Br)cc1-c1ccccc1. The van der Waals surface area contributed by atoms with Gasteiger partial charge in [-0.15, -0.1) is 0 Å². The number of benzene rings is 2. The lowest BCUT2D eigenvalue weighted by molar-refractivity contribution is -0.136. The zero-order valence-electron chi connectivity index (χ0n) is 17.1. The van der Waals surface area contributed by atoms with Crippen molar-refractivity contribution in [2.45, 2.75) is 39.2 Å². The summed E-state index contributed by atoms with van der Waals surface area (Å²) >= 11 is 3.46. The summed E-state index contributed by atoms with van der Waals surface area (Å²) in [4.78, 5) is 23.7. The number of hydrogen-bond acceptors (Lipinski definition) is 3. The number of rotatable bonds is 6. The highest BCUT2D eigenvalue weighted by Gasteiger charge is 2.23. The molecule has 30 heavy (non-hydrogen) atoms. The van der Waals surface area contributed by atoms with E-state index in [0.717, 1.165) is 16.8 Å². The van der Waals surface area contributed by atoms with Crippen LogP contribution in [0.2, 0.25) is 0 Å². The second kappa shape index (κ2) is 8.83. The third-order valence-electron chi connectivity index (χ3n) is 4.56. The zero-order chi connectivity index (χ0) is 21.9. The summed E-state index contributed by atoms with van der Waals surface area (Å²) in [7, 11) is 0. The van der Waals surface area contributed by atoms with Gasteiger partial charge < -0.3 is 10.4 Å². The Bertz CT molecular complexity index is 1070. The van der Waals surface area contributed by atoms with Gasteiger partial charge in [0.2, 0.25) is 0 Å². The molecule has 0 unspecified atom stereocenters. The van der Waals surface area contributed by atoms with Gasteiger partial charge in [0.1, 0.15) is 0 Å². The fraction of sp³-hybridized carbons (Fsp3) is 0.261. The van der Waals surface area contributed by atoms with Crippen LogP contribution in [-0.2, 0) is 16.8 Å². The molecule has 3 aromatic rings. The Balaban J connectivity index is 1.85. The molecule has 0 atom stereocenters. The van der Waals surface area contributed by atoms with Gasteiger partial charge in [0.25, 0.3) is 5.91 Å². The molecule has 0 bridgehead atoms. The molecule has 1 heterocycles. The maximum Gasteiger partial charge on any atom is 0.303 e. The molecule has 1 aromatic heterocycles. The molecule has 0 saturated heterocycles. The average molecular weight is 470 g/mol. The highest BCUT2D eigenvalue weighted by Crippen LogP contribution is 2.28. The minimum atomic E-state index is -0.841. The lowest BCUT2D eigenvalue weighted by atomic mass is 10.1. The summed E-state index contributed by atoms with van der Waals surface area (Å²) in [6.45, 7) is 6.13. The van der Waals surface area contributed by atoms with Gasteiger partial charge >= 0.3 is 5.97 Å². The molecule has 0 radical (unpaired) electrons. The predicted octanol–water partition coefficient (Wildman–Crippen LogP) is 5.34. The lowest BCUT2D eigenvalue weighted by Gasteiger charge is -2.22. The number of carbonyl (C=O) groups excluding carboxylic acids is 1. The molecule has 156 valence electrons. The number of anilines is 1. The number of aliphatic carboxylic acids is 1. The number of aromatic nitrogens is 2. The van der Waals surface area contributed by atoms with E-state index < -0.39 is 5.97 Å². The van der Waals surface area contributed by atoms with E-state index in [0.29, 0.717) is 22.3 Å². The van der Waals surface area contributed by atoms with Crippen LogP contribution in [0, 0.1) is 0 Å². The normalized spacial score (nSPS) is 11.3. The topological polar surface area (TPSA) is 84.2 Å². The van der Waals surface area contributed by atoms with E-state index in [9.17, 15) is 9.59 Å². The Morgan fingerprint density at radius 2 is 1.80 bits per heavy atom. The van der Waals surface area contributed by atoms with Crippen LogP contribution in [0.1, 0.15) is 43.2 Å². The number of hydrogen-bond donors (Lipinski definition) is 2. The Morgan fingerprint density at radius 1 is 1.10 bits per heavy atom. The quantitative estimate of drug-likeness (QED) is 0.510. The molecule has 7 heteroatoms. The zero-order valence-corrected chi connectivity index (χ0v) is 18.7. The average Bonchev–Trinajstić information content (AvgIpc) is 3.15. The standard InChI is InChI=1S/C23H24BrN3O3/c1-23(2,3)27-20(16-7-5-4-6-8-16)14-19(26-27)22(30)25-18-11-9-15(13-17(18)24)10-12-21(28)29/h4-9,11,13-14H,10,12H2,1-3H3,(H,25,30)(H,28,29). The van der Waals surface area contributed by atoms with Crippen molar-refractivity contribution in [3.05, 3.63) is 70.3 Å². The summed E-state index contributed by atoms with van der Waals surface area (Å²) in [6, 6.07) is 17.0. The Hall–Kier alpha value is -2.93. The van der Waals surface area contributed by atoms with Crippen LogP contribution >= 0.6 is 15.9 Å². The molecule has 1 amide bonds. The van der Waals surface area contributed by atoms with Gasteiger partial charge in [-0.25, -0.2) is 0 Å². The van der Waals surface area contributed by atoms with Crippen molar-refractivity contribution >= 4 is 33.5 Å². The molecule has 2 aromatic carbocycles. The van der Waals surface area contributed by atoms with Gasteiger partial charge in [0.05, 0.1) is 16.9 Å². The molecular weight excluding hydrogens is 446 g/mol. The number of halogens is 1. The maximum atomic E-state index is 12.9. The van der Waals surface area contributed by atoms with Crippen molar-refractivity contribution in [2.75, 3.05) is 5.32 Å². The van der Waals surface area contributed by atoms with Gasteiger partial charge in [-0.2, -0.15) is 5.10 Å². The smallest absolute Gasteiger partial charge is 0.303 e. The first-order chi connectivity index (χ1) is 14.1. The van der Waals surface area contributed by atoms with Crippen LogP contribution in [0.25, 0.3) is 11.3 Å². The van der Waals surface area contributed by atoms with Crippen molar-refractivity contribution in [3.8, 4) is 11.3 Å². The summed E-state index contributed by atoms with van der Waals surface area (Å²) < 4.78 is 2.55. The van der Waals surface area contributed by atoms with Crippen molar-refractivity contribution in [1.29, 1.82) is 0 Å². The monoisotopic (exact) mass is 469 g/mol. The highest BCUT2D eigenvalue weighted by atomic mass is 79.9. The largest absolute Gasteiger partial charge is 0.481 e. The van der Waals surface area contributed by atoms with Gasteiger partial charge in [-0.05, 0) is 72.4 Å². The molecule has 0 spiro atoms. The van der Waals surface area contributed by atoms with Crippen LogP contribution in [-0.4, -0.2) is 26.8 Å². The molecular formula is C23H24BrN3O3. The molecule has 6 nitrogen and oxygen atoms in total. The van der Waals surface area contributed by atoms with Gasteiger partial charge in [0.15, 0.2) is 5.69 Å². The molecule has 2 N–H and O–H groups in total. The highest BCUT2D eigenvalue weighted by molar-refractivity contribution is 9.10. The first-order valence-electron chi connectivity index (χ1n) is 9.62. The molecule has 0 aliphatic carbocycles. The van der Waals surface area contributed by atoms with E-state index in [4.69, 9.17) is 5.11 Å². The number of carboxylic acids is 1. The van der Waals surface area contributed by atoms with Crippen LogP contribution in [0.15, 0.2) is 59.1 Å². The Morgan fingerprint density at radius 3 is 2.40 bits per heavy atom. The fourth-order valence-electron chi connectivity index (χ4n) is 3.07. The fourth-order valence-corrected chi connectivity index (χ4v) is 3.60. The van der Waals surface area contributed by atoms with Gasteiger partial charge in [0, 0.05) is 10.9 Å². The van der Waals surface area contributed by atoms with Crippen LogP contribution < -0.4 is 5.32 Å². The molecule has 0 aliphatic heterocycles. The first kappa shape index (κ1) is 21.8. The van der Waals surface area contributed by atoms with E-state index in [1.807, 2.05) is 67.9 Å². The van der Waals surface area contributed by atoms with Crippen LogP contribution in [0.5, 0.6) is 0 Å². The second-order valence-electron chi connectivity index (χ2n) is 8.03. The van der Waals surface area contributed by atoms with E-state index in [2.05, 4.69) is 26.3 Å². The Labute approximate surface area is 184 Å². The lowest BCUT2D eigenvalue weighted by Crippen LogP contribution is -2.25. The second-order valence-corrected chi connectivity index (χ2v) is 8.88. The number of carbonyl (C=O) groups is 2. The third kappa shape index (κ3) is 5.16. The summed E-state index contributed by atoms with van der Waals surface area (Å²) in [5.41, 5.74) is 3.37. The molecule has 0 fully saturated rings. The summed E-state index contributed by atoms with van der Waals surface area (Å²) in [6.07, 6.45) is 0.489.